The molecular formula is C46H78N4O16. The van der Waals surface area contributed by atoms with Crippen LogP contribution in [-0.4, -0.2) is 155 Å². The standard InChI is InChI=1S/C19H34N2O6.C11H19NO4.C9H17NO5.C7H8O/c1-8-10-12-25-14(3)16(20-18(24)27-19(4,5)6)17(23)21(7)13-15(22)26-11-9-2;1-6-7-15-9(13)8-12(5)10(14)16-11(2,3)4;1-5(11)6(7(12)13)10-8(14)15-9(2,3)4;8-6-7-4-2-1-3-5-7/h9,14,16H,2,8,10-13H2,1,3-7H3,(H,20,24);6H,1,7-8H2,2-5H3;5-6,11H,1-4H3,(H,10,14)(H,12,13);1-5,8H,6H2/t14-,16+;;5-,6+;/m1.1./s1. The molecule has 0 fully saturated rings. The van der Waals surface area contributed by atoms with Gasteiger partial charge in [0, 0.05) is 20.7 Å². The van der Waals surface area contributed by atoms with E-state index in [1.54, 1.807) is 69.2 Å². The van der Waals surface area contributed by atoms with Crippen LogP contribution in [0.3, 0.4) is 0 Å². The molecule has 0 saturated heterocycles. The van der Waals surface area contributed by atoms with Gasteiger partial charge in [-0.2, -0.15) is 0 Å². The lowest BCUT2D eigenvalue weighted by molar-refractivity contribution is -0.149. The Morgan fingerprint density at radius 1 is 0.712 bits per heavy atom. The number of unbranched alkanes of at least 4 members (excludes halogenated alkanes) is 1. The smallest absolute Gasteiger partial charge is 0.410 e. The van der Waals surface area contributed by atoms with Crippen molar-refractivity contribution in [2.24, 2.45) is 0 Å². The molecule has 1 rings (SSSR count). The number of carboxylic acid groups (broad SMARTS) is 1. The molecule has 20 nitrogen and oxygen atoms in total. The zero-order valence-electron chi connectivity index (χ0n) is 41.5. The third-order valence-corrected chi connectivity index (χ3v) is 7.27. The summed E-state index contributed by atoms with van der Waals surface area (Å²) in [6.45, 7) is 27.7. The van der Waals surface area contributed by atoms with E-state index in [1.165, 1.54) is 38.1 Å². The van der Waals surface area contributed by atoms with Crippen molar-refractivity contribution in [2.75, 3.05) is 47.0 Å². The number of aliphatic carboxylic acids is 1. The van der Waals surface area contributed by atoms with Crippen molar-refractivity contribution in [3.63, 3.8) is 0 Å². The highest BCUT2D eigenvalue weighted by Gasteiger charge is 2.33. The lowest BCUT2D eigenvalue weighted by Crippen LogP contribution is -2.55. The average molecular weight is 943 g/mol. The first-order valence-electron chi connectivity index (χ1n) is 21.2. The predicted molar refractivity (Wildman–Crippen MR) is 247 cm³/mol. The van der Waals surface area contributed by atoms with E-state index in [4.69, 9.17) is 43.7 Å². The summed E-state index contributed by atoms with van der Waals surface area (Å²) in [5.41, 5.74) is -1.01. The molecule has 0 aromatic heterocycles. The molecular weight excluding hydrogens is 865 g/mol. The number of aliphatic hydroxyl groups excluding tert-OH is 2. The van der Waals surface area contributed by atoms with E-state index in [9.17, 15) is 33.6 Å². The van der Waals surface area contributed by atoms with E-state index in [1.807, 2.05) is 37.3 Å². The maximum atomic E-state index is 12.8. The minimum Gasteiger partial charge on any atom is -0.480 e. The van der Waals surface area contributed by atoms with Gasteiger partial charge in [0.25, 0.3) is 0 Å². The second kappa shape index (κ2) is 33.7. The van der Waals surface area contributed by atoms with Gasteiger partial charge >= 0.3 is 36.2 Å². The molecule has 4 atom stereocenters. The van der Waals surface area contributed by atoms with Gasteiger partial charge in [0.05, 0.1) is 18.8 Å². The minimum absolute atomic E-state index is 0.0665. The van der Waals surface area contributed by atoms with Gasteiger partial charge in [-0.3, -0.25) is 14.4 Å². The summed E-state index contributed by atoms with van der Waals surface area (Å²) in [5.74, 6) is -2.84. The summed E-state index contributed by atoms with van der Waals surface area (Å²) in [4.78, 5) is 83.4. The molecule has 0 aliphatic heterocycles. The van der Waals surface area contributed by atoms with E-state index in [2.05, 4.69) is 23.8 Å². The number of rotatable bonds is 19. The number of ether oxygens (including phenoxy) is 6. The molecule has 0 aliphatic carbocycles. The zero-order chi connectivity index (χ0) is 51.8. The first kappa shape index (κ1) is 64.6. The first-order valence-corrected chi connectivity index (χ1v) is 21.2. The first-order chi connectivity index (χ1) is 30.3. The number of carbonyl (C=O) groups excluding carboxylic acids is 6. The maximum absolute atomic E-state index is 12.8. The van der Waals surface area contributed by atoms with Crippen molar-refractivity contribution in [1.82, 2.24) is 20.4 Å². The van der Waals surface area contributed by atoms with Gasteiger partial charge in [-0.05, 0) is 88.1 Å². The van der Waals surface area contributed by atoms with Crippen molar-refractivity contribution in [2.45, 2.75) is 144 Å². The number of nitrogens with one attached hydrogen (secondary N) is 2. The van der Waals surface area contributed by atoms with E-state index in [-0.39, 0.29) is 32.9 Å². The summed E-state index contributed by atoms with van der Waals surface area (Å²) in [5, 5.41) is 30.9. The molecule has 378 valence electrons. The fourth-order valence-electron chi connectivity index (χ4n) is 4.23. The Kier molecular flexibility index (Phi) is 33.0. The van der Waals surface area contributed by atoms with Crippen LogP contribution in [0.15, 0.2) is 55.6 Å². The highest BCUT2D eigenvalue weighted by atomic mass is 16.6. The highest BCUT2D eigenvalue weighted by Crippen LogP contribution is 2.11. The summed E-state index contributed by atoms with van der Waals surface area (Å²) in [6, 6.07) is 7.17. The van der Waals surface area contributed by atoms with Crippen molar-refractivity contribution in [3.8, 4) is 0 Å². The van der Waals surface area contributed by atoms with E-state index >= 15 is 0 Å². The normalized spacial score (nSPS) is 12.5. The van der Waals surface area contributed by atoms with Gasteiger partial charge in [-0.25, -0.2) is 19.2 Å². The number of likely N-dealkylation sites (N-methyl/N-ethyl adjacent to an activating group) is 2. The summed E-state index contributed by atoms with van der Waals surface area (Å²) in [7, 11) is 2.93. The van der Waals surface area contributed by atoms with E-state index in [0.717, 1.165) is 23.3 Å². The van der Waals surface area contributed by atoms with Gasteiger partial charge in [0.1, 0.15) is 49.1 Å². The molecule has 66 heavy (non-hydrogen) atoms. The van der Waals surface area contributed by atoms with Gasteiger partial charge in [-0.1, -0.05) is 69.0 Å². The Hall–Kier alpha value is -5.73. The number of carbonyl (C=O) groups is 7. The third-order valence-electron chi connectivity index (χ3n) is 7.27. The molecule has 0 radical (unpaired) electrons. The summed E-state index contributed by atoms with van der Waals surface area (Å²) >= 11 is 0. The monoisotopic (exact) mass is 943 g/mol. The summed E-state index contributed by atoms with van der Waals surface area (Å²) in [6.07, 6.45) is 0.759. The third kappa shape index (κ3) is 36.6. The van der Waals surface area contributed by atoms with Gasteiger partial charge < -0.3 is 64.2 Å². The minimum atomic E-state index is -1.36. The fraction of sp³-hybridized carbons (Fsp3) is 0.630. The SMILES string of the molecule is C=CCOC(=O)CN(C)C(=O)OC(C)(C)C.C=CCOC(=O)CN(C)C(=O)[C@@H](NC(=O)OC(C)(C)C)[C@@H](C)OCCCC.C[C@@H](O)[C@H](NC(=O)OC(C)(C)C)C(=O)O.OCc1ccccc1. The number of nitrogens with zero attached hydrogens (tertiary/aromatic N) is 2. The number of aliphatic hydroxyl groups is 2. The van der Waals surface area contributed by atoms with Crippen molar-refractivity contribution in [3.05, 3.63) is 61.2 Å². The molecule has 1 aromatic carbocycles. The number of amides is 4. The molecule has 0 bridgehead atoms. The number of benzene rings is 1. The van der Waals surface area contributed by atoms with E-state index < -0.39 is 83.2 Å². The molecule has 20 heteroatoms. The van der Waals surface area contributed by atoms with Crippen LogP contribution in [0.5, 0.6) is 0 Å². The molecule has 0 saturated carbocycles. The Labute approximate surface area is 390 Å². The lowest BCUT2D eigenvalue weighted by Gasteiger charge is -2.29. The predicted octanol–water partition coefficient (Wildman–Crippen LogP) is 5.38. The van der Waals surface area contributed by atoms with Gasteiger partial charge in [-0.15, -0.1) is 0 Å². The van der Waals surface area contributed by atoms with Crippen molar-refractivity contribution >= 4 is 42.1 Å². The number of carboxylic acids is 1. The molecule has 1 aromatic rings. The Morgan fingerprint density at radius 2 is 1.14 bits per heavy atom. The van der Waals surface area contributed by atoms with Crippen LogP contribution in [0.1, 0.15) is 101 Å². The summed E-state index contributed by atoms with van der Waals surface area (Å²) < 4.78 is 30.4. The molecule has 4 amide bonds. The van der Waals surface area contributed by atoms with Crippen LogP contribution in [0.2, 0.25) is 0 Å². The topological polar surface area (TPSA) is 266 Å². The van der Waals surface area contributed by atoms with Crippen LogP contribution in [0, 0.1) is 0 Å². The van der Waals surface area contributed by atoms with Crippen LogP contribution in [-0.2, 0) is 54.2 Å². The Bertz CT molecular complexity index is 1620. The zero-order valence-corrected chi connectivity index (χ0v) is 41.5. The molecule has 0 spiro atoms. The quantitative estimate of drug-likeness (QED) is 0.0504. The number of hydrogen-bond donors (Lipinski definition) is 5. The van der Waals surface area contributed by atoms with Crippen LogP contribution in [0.25, 0.3) is 0 Å². The number of hydrogen-bond acceptors (Lipinski definition) is 15. The Morgan fingerprint density at radius 3 is 1.48 bits per heavy atom. The second-order valence-electron chi connectivity index (χ2n) is 17.4. The molecule has 0 unspecified atom stereocenters. The largest absolute Gasteiger partial charge is 0.480 e. The number of alkyl carbamates (subject to hydrolysis) is 2. The maximum Gasteiger partial charge on any atom is 0.410 e. The van der Waals surface area contributed by atoms with Crippen LogP contribution >= 0.6 is 0 Å². The molecule has 0 heterocycles. The van der Waals surface area contributed by atoms with E-state index in [0.29, 0.717) is 6.61 Å². The fourth-order valence-corrected chi connectivity index (χ4v) is 4.23. The van der Waals surface area contributed by atoms with Crippen molar-refractivity contribution in [1.29, 1.82) is 0 Å². The molecule has 5 N–H and O–H groups in total. The average Bonchev–Trinajstić information content (AvgIpc) is 3.19. The Balaban J connectivity index is -0.000000869. The van der Waals surface area contributed by atoms with Gasteiger partial charge in [0.2, 0.25) is 5.91 Å². The van der Waals surface area contributed by atoms with Crippen LogP contribution < -0.4 is 10.6 Å². The lowest BCUT2D eigenvalue weighted by atomic mass is 10.1. The molecule has 0 aliphatic rings. The number of esters is 2. The van der Waals surface area contributed by atoms with Crippen molar-refractivity contribution < 1.29 is 77.3 Å². The van der Waals surface area contributed by atoms with Crippen LogP contribution in [0.4, 0.5) is 14.4 Å². The highest BCUT2D eigenvalue weighted by molar-refractivity contribution is 5.88. The van der Waals surface area contributed by atoms with Gasteiger partial charge in [0.15, 0.2) is 6.04 Å². The second-order valence-corrected chi connectivity index (χ2v) is 17.4.